The van der Waals surface area contributed by atoms with E-state index >= 15 is 0 Å². The number of nitrogens with zero attached hydrogens (tertiary/aromatic N) is 1. The Hall–Kier alpha value is -2.47. The Balaban J connectivity index is 1.93. The maximum atomic E-state index is 11.7. The second kappa shape index (κ2) is 8.24. The maximum Gasteiger partial charge on any atom is 0.330 e. The number of nitrogens with one attached hydrogen (secondary N) is 1. The molecule has 120 valence electrons. The van der Waals surface area contributed by atoms with Crippen LogP contribution in [0, 0.1) is 0 Å². The lowest BCUT2D eigenvalue weighted by molar-refractivity contribution is -0.142. The zero-order chi connectivity index (χ0) is 16.7. The molecule has 1 amide bonds. The van der Waals surface area contributed by atoms with Crippen molar-refractivity contribution in [1.29, 1.82) is 0 Å². The van der Waals surface area contributed by atoms with Crippen LogP contribution >= 0.6 is 11.3 Å². The van der Waals surface area contributed by atoms with Gasteiger partial charge in [0.25, 0.3) is 5.91 Å². The highest BCUT2D eigenvalue weighted by molar-refractivity contribution is 7.14. The van der Waals surface area contributed by atoms with E-state index in [1.54, 1.807) is 13.0 Å². The molecule has 0 fully saturated rings. The molecule has 2 aromatic rings. The number of aryl methyl sites for hydroxylation is 1. The van der Waals surface area contributed by atoms with Gasteiger partial charge in [0.15, 0.2) is 11.7 Å². The van der Waals surface area contributed by atoms with Gasteiger partial charge in [-0.25, -0.2) is 9.78 Å². The van der Waals surface area contributed by atoms with E-state index in [9.17, 15) is 9.59 Å². The number of allylic oxidation sites excluding steroid dienone is 1. The molecule has 1 heterocycles. The van der Waals surface area contributed by atoms with E-state index in [1.807, 2.05) is 17.5 Å². The number of aromatic nitrogens is 1. The molecule has 0 aliphatic rings. The Bertz CT molecular complexity index is 705. The van der Waals surface area contributed by atoms with E-state index in [4.69, 9.17) is 4.74 Å². The van der Waals surface area contributed by atoms with Crippen LogP contribution in [0.4, 0.5) is 5.13 Å². The predicted octanol–water partition coefficient (Wildman–Crippen LogP) is 3.43. The van der Waals surface area contributed by atoms with Gasteiger partial charge in [-0.1, -0.05) is 37.3 Å². The Morgan fingerprint density at radius 3 is 2.70 bits per heavy atom. The summed E-state index contributed by atoms with van der Waals surface area (Å²) in [5.41, 5.74) is 3.07. The highest BCUT2D eigenvalue weighted by Crippen LogP contribution is 2.25. The lowest BCUT2D eigenvalue weighted by Gasteiger charge is -2.02. The predicted molar refractivity (Wildman–Crippen MR) is 91.3 cm³/mol. The number of amides is 1. The van der Waals surface area contributed by atoms with Crippen LogP contribution < -0.4 is 5.32 Å². The molecular weight excluding hydrogens is 312 g/mol. The van der Waals surface area contributed by atoms with Gasteiger partial charge in [0.05, 0.1) is 5.69 Å². The van der Waals surface area contributed by atoms with Crippen molar-refractivity contribution in [2.45, 2.75) is 20.3 Å². The van der Waals surface area contributed by atoms with Crippen LogP contribution in [-0.2, 0) is 20.7 Å². The first kappa shape index (κ1) is 16.9. The second-order valence-electron chi connectivity index (χ2n) is 4.74. The van der Waals surface area contributed by atoms with E-state index in [-0.39, 0.29) is 6.61 Å². The van der Waals surface area contributed by atoms with Crippen LogP contribution in [-0.4, -0.2) is 23.5 Å². The summed E-state index contributed by atoms with van der Waals surface area (Å²) in [7, 11) is 0. The molecule has 0 saturated heterocycles. The minimum atomic E-state index is -0.543. The molecule has 1 aromatic heterocycles. The second-order valence-corrected chi connectivity index (χ2v) is 5.60. The molecule has 0 aliphatic carbocycles. The minimum Gasteiger partial charge on any atom is -0.452 e. The summed E-state index contributed by atoms with van der Waals surface area (Å²) < 4.78 is 4.77. The van der Waals surface area contributed by atoms with Crippen molar-refractivity contribution in [2.24, 2.45) is 0 Å². The molecule has 0 saturated carbocycles. The largest absolute Gasteiger partial charge is 0.452 e. The average molecular weight is 330 g/mol. The Kier molecular flexibility index (Phi) is 6.05. The summed E-state index contributed by atoms with van der Waals surface area (Å²) in [6.45, 7) is 3.48. The number of anilines is 1. The lowest BCUT2D eigenvalue weighted by atomic mass is 10.1. The van der Waals surface area contributed by atoms with E-state index in [0.717, 1.165) is 17.7 Å². The quantitative estimate of drug-likeness (QED) is 0.651. The van der Waals surface area contributed by atoms with Gasteiger partial charge in [-0.15, -0.1) is 11.3 Å². The van der Waals surface area contributed by atoms with Gasteiger partial charge in [-0.05, 0) is 18.9 Å². The van der Waals surface area contributed by atoms with Crippen LogP contribution in [0.25, 0.3) is 11.3 Å². The van der Waals surface area contributed by atoms with E-state index in [0.29, 0.717) is 5.13 Å². The summed E-state index contributed by atoms with van der Waals surface area (Å²) in [5, 5.41) is 4.98. The average Bonchev–Trinajstić information content (AvgIpc) is 3.02. The summed E-state index contributed by atoms with van der Waals surface area (Å²) >= 11 is 1.33. The van der Waals surface area contributed by atoms with Crippen molar-refractivity contribution in [3.63, 3.8) is 0 Å². The first-order valence-electron chi connectivity index (χ1n) is 7.26. The number of ether oxygens (including phenoxy) is 1. The van der Waals surface area contributed by atoms with Crippen LogP contribution in [0.5, 0.6) is 0 Å². The number of thiazole rings is 1. The Morgan fingerprint density at radius 2 is 2.04 bits per heavy atom. The van der Waals surface area contributed by atoms with Crippen LogP contribution in [0.3, 0.4) is 0 Å². The Morgan fingerprint density at radius 1 is 1.30 bits per heavy atom. The highest BCUT2D eigenvalue weighted by Gasteiger charge is 2.09. The smallest absolute Gasteiger partial charge is 0.330 e. The molecule has 0 aliphatic heterocycles. The third-order valence-corrected chi connectivity index (χ3v) is 3.81. The normalized spacial score (nSPS) is 10.7. The summed E-state index contributed by atoms with van der Waals surface area (Å²) in [6.07, 6.45) is 3.80. The standard InChI is InChI=1S/C17H18N2O3S/c1-3-5-16(21)22-10-15(20)19-17-18-14(11-23-17)13-8-6-12(4-2)7-9-13/h3,5-9,11H,4,10H2,1-2H3,(H,18,19,20)/b5-3+. The van der Waals surface area contributed by atoms with Crippen molar-refractivity contribution in [3.05, 3.63) is 47.4 Å². The highest BCUT2D eigenvalue weighted by atomic mass is 32.1. The SMILES string of the molecule is C/C=C/C(=O)OCC(=O)Nc1nc(-c2ccc(CC)cc2)cs1. The molecule has 0 atom stereocenters. The molecule has 5 nitrogen and oxygen atoms in total. The van der Waals surface area contributed by atoms with Gasteiger partial charge in [0.2, 0.25) is 0 Å². The number of rotatable bonds is 6. The molecule has 1 N–H and O–H groups in total. The van der Waals surface area contributed by atoms with Crippen molar-refractivity contribution >= 4 is 28.3 Å². The number of carbonyl (C=O) groups is 2. The number of esters is 1. The summed E-state index contributed by atoms with van der Waals surface area (Å²) in [6, 6.07) is 8.15. The fourth-order valence-electron chi connectivity index (χ4n) is 1.85. The molecule has 0 spiro atoms. The van der Waals surface area contributed by atoms with Crippen LogP contribution in [0.2, 0.25) is 0 Å². The third kappa shape index (κ3) is 5.03. The van der Waals surface area contributed by atoms with E-state index in [2.05, 4.69) is 29.4 Å². The van der Waals surface area contributed by atoms with Gasteiger partial charge in [-0.2, -0.15) is 0 Å². The van der Waals surface area contributed by atoms with Gasteiger partial charge >= 0.3 is 5.97 Å². The molecule has 2 rings (SSSR count). The maximum absolute atomic E-state index is 11.7. The molecule has 0 bridgehead atoms. The topological polar surface area (TPSA) is 68.3 Å². The lowest BCUT2D eigenvalue weighted by Crippen LogP contribution is -2.20. The summed E-state index contributed by atoms with van der Waals surface area (Å²) in [5.74, 6) is -0.955. The fourth-order valence-corrected chi connectivity index (χ4v) is 2.59. The number of hydrogen-bond donors (Lipinski definition) is 1. The van der Waals surface area contributed by atoms with Crippen LogP contribution in [0.15, 0.2) is 41.8 Å². The monoisotopic (exact) mass is 330 g/mol. The minimum absolute atomic E-state index is 0.330. The van der Waals surface area contributed by atoms with Gasteiger partial charge in [0.1, 0.15) is 0 Å². The number of benzene rings is 1. The molecule has 6 heteroatoms. The third-order valence-electron chi connectivity index (χ3n) is 3.06. The first-order valence-corrected chi connectivity index (χ1v) is 8.14. The van der Waals surface area contributed by atoms with Crippen LogP contribution in [0.1, 0.15) is 19.4 Å². The van der Waals surface area contributed by atoms with Crippen molar-refractivity contribution in [2.75, 3.05) is 11.9 Å². The van der Waals surface area contributed by atoms with Gasteiger partial charge in [-0.3, -0.25) is 10.1 Å². The van der Waals surface area contributed by atoms with Crippen molar-refractivity contribution < 1.29 is 14.3 Å². The zero-order valence-electron chi connectivity index (χ0n) is 13.0. The molecule has 23 heavy (non-hydrogen) atoms. The molecular formula is C17H18N2O3S. The van der Waals surface area contributed by atoms with E-state index in [1.165, 1.54) is 23.0 Å². The molecule has 0 radical (unpaired) electrons. The zero-order valence-corrected chi connectivity index (χ0v) is 13.9. The van der Waals surface area contributed by atoms with Crippen molar-refractivity contribution in [1.82, 2.24) is 4.98 Å². The van der Waals surface area contributed by atoms with E-state index < -0.39 is 11.9 Å². The van der Waals surface area contributed by atoms with Gasteiger partial charge in [0, 0.05) is 17.0 Å². The molecule has 1 aromatic carbocycles. The number of carbonyl (C=O) groups excluding carboxylic acids is 2. The van der Waals surface area contributed by atoms with Gasteiger partial charge < -0.3 is 4.74 Å². The van der Waals surface area contributed by atoms with Crippen molar-refractivity contribution in [3.8, 4) is 11.3 Å². The molecule has 0 unspecified atom stereocenters. The fraction of sp³-hybridized carbons (Fsp3) is 0.235. The first-order chi connectivity index (χ1) is 11.1. The summed E-state index contributed by atoms with van der Waals surface area (Å²) in [4.78, 5) is 27.2. The Labute approximate surface area is 139 Å². The number of hydrogen-bond acceptors (Lipinski definition) is 5.